The zero-order valence-corrected chi connectivity index (χ0v) is 10.6. The van der Waals surface area contributed by atoms with Gasteiger partial charge < -0.3 is 13.9 Å². The van der Waals surface area contributed by atoms with E-state index in [0.29, 0.717) is 6.61 Å². The topological polar surface area (TPSA) is 34.8 Å². The Bertz CT molecular complexity index is 500. The van der Waals surface area contributed by atoms with E-state index >= 15 is 0 Å². The molecule has 0 aromatic carbocycles. The Kier molecular flexibility index (Phi) is 3.67. The molecule has 1 fully saturated rings. The number of furan rings is 1. The first-order valence-corrected chi connectivity index (χ1v) is 6.64. The lowest BCUT2D eigenvalue weighted by molar-refractivity contribution is 0.0322. The lowest BCUT2D eigenvalue weighted by atomic mass is 10.2. The van der Waals surface area contributed by atoms with Gasteiger partial charge in [-0.25, -0.2) is 0 Å². The molecule has 1 saturated heterocycles. The fourth-order valence-electron chi connectivity index (χ4n) is 2.39. The maximum absolute atomic E-state index is 5.82. The predicted octanol–water partition coefficient (Wildman–Crippen LogP) is 0.345. The number of nitrogens with zero attached hydrogens (tertiary/aromatic N) is 1. The minimum Gasteiger partial charge on any atom is -0.488 e. The molecule has 0 amide bonds. The van der Waals surface area contributed by atoms with E-state index in [1.165, 1.54) is 0 Å². The van der Waals surface area contributed by atoms with Gasteiger partial charge in [-0.3, -0.25) is 4.90 Å². The molecule has 0 unspecified atom stereocenters. The van der Waals surface area contributed by atoms with Crippen LogP contribution in [0, 0.1) is 0 Å². The van der Waals surface area contributed by atoms with Gasteiger partial charge in [0.2, 0.25) is 0 Å². The van der Waals surface area contributed by atoms with Crippen LogP contribution in [0.2, 0.25) is 0 Å². The highest BCUT2D eigenvalue weighted by atomic mass is 16.5. The molecular formula is C14H19NO3. The largest absolute Gasteiger partial charge is 0.488 e. The molecule has 4 nitrogen and oxygen atoms in total. The third-order valence-corrected chi connectivity index (χ3v) is 3.44. The number of hydrogen-bond acceptors (Lipinski definition) is 4. The molecule has 1 aliphatic heterocycles. The Morgan fingerprint density at radius 1 is 1.17 bits per heavy atom. The average molecular weight is 249 g/mol. The Hall–Kier alpha value is -1.26. The molecule has 0 saturated carbocycles. The SMILES string of the molecule is C1=c2occ(OCCN3CCOCC3)c2=CCC1. The summed E-state index contributed by atoms with van der Waals surface area (Å²) >= 11 is 0. The van der Waals surface area contributed by atoms with Crippen molar-refractivity contribution < 1.29 is 13.9 Å². The zero-order chi connectivity index (χ0) is 12.2. The Morgan fingerprint density at radius 2 is 2.00 bits per heavy atom. The predicted molar refractivity (Wildman–Crippen MR) is 68.9 cm³/mol. The van der Waals surface area contributed by atoms with Gasteiger partial charge in [0, 0.05) is 19.6 Å². The van der Waals surface area contributed by atoms with Crippen molar-refractivity contribution in [3.05, 3.63) is 16.9 Å². The monoisotopic (exact) mass is 249 g/mol. The summed E-state index contributed by atoms with van der Waals surface area (Å²) in [5.41, 5.74) is 0.961. The maximum Gasteiger partial charge on any atom is 0.165 e. The van der Waals surface area contributed by atoms with Crippen LogP contribution < -0.4 is 15.4 Å². The molecule has 2 heterocycles. The number of hydrogen-bond donors (Lipinski definition) is 0. The third kappa shape index (κ3) is 2.60. The van der Waals surface area contributed by atoms with Crippen LogP contribution in [0.4, 0.5) is 0 Å². The van der Waals surface area contributed by atoms with Gasteiger partial charge in [0.1, 0.15) is 18.3 Å². The van der Waals surface area contributed by atoms with E-state index in [0.717, 1.165) is 62.1 Å². The minimum atomic E-state index is 0.708. The fourth-order valence-corrected chi connectivity index (χ4v) is 2.39. The Balaban J connectivity index is 1.56. The van der Waals surface area contributed by atoms with E-state index in [9.17, 15) is 0 Å². The van der Waals surface area contributed by atoms with E-state index in [1.54, 1.807) is 6.26 Å². The maximum atomic E-state index is 5.82. The Morgan fingerprint density at radius 3 is 2.89 bits per heavy atom. The lowest BCUT2D eigenvalue weighted by Crippen LogP contribution is -2.39. The molecule has 0 spiro atoms. The van der Waals surface area contributed by atoms with Crippen molar-refractivity contribution >= 4 is 12.2 Å². The number of ether oxygens (including phenoxy) is 2. The smallest absolute Gasteiger partial charge is 0.165 e. The van der Waals surface area contributed by atoms with Crippen LogP contribution in [0.5, 0.6) is 5.75 Å². The van der Waals surface area contributed by atoms with Crippen molar-refractivity contribution in [1.82, 2.24) is 4.90 Å². The van der Waals surface area contributed by atoms with Crippen molar-refractivity contribution in [1.29, 1.82) is 0 Å². The van der Waals surface area contributed by atoms with E-state index in [2.05, 4.69) is 17.1 Å². The Labute approximate surface area is 106 Å². The van der Waals surface area contributed by atoms with Crippen LogP contribution in [-0.4, -0.2) is 44.4 Å². The first-order chi connectivity index (χ1) is 8.93. The van der Waals surface area contributed by atoms with Gasteiger partial charge in [-0.1, -0.05) is 6.08 Å². The molecule has 1 aliphatic carbocycles. The summed E-state index contributed by atoms with van der Waals surface area (Å²) < 4.78 is 16.6. The van der Waals surface area contributed by atoms with Crippen molar-refractivity contribution in [3.8, 4) is 5.75 Å². The van der Waals surface area contributed by atoms with E-state index in [1.807, 2.05) is 0 Å². The molecule has 0 atom stereocenters. The number of rotatable bonds is 4. The van der Waals surface area contributed by atoms with E-state index in [-0.39, 0.29) is 0 Å². The van der Waals surface area contributed by atoms with E-state index in [4.69, 9.17) is 13.9 Å². The quantitative estimate of drug-likeness (QED) is 0.771. The summed E-state index contributed by atoms with van der Waals surface area (Å²) in [7, 11) is 0. The van der Waals surface area contributed by atoms with Gasteiger partial charge in [0.05, 0.1) is 18.4 Å². The van der Waals surface area contributed by atoms with E-state index < -0.39 is 0 Å². The van der Waals surface area contributed by atoms with Gasteiger partial charge in [0.15, 0.2) is 5.75 Å². The van der Waals surface area contributed by atoms with Gasteiger partial charge in [0.25, 0.3) is 0 Å². The summed E-state index contributed by atoms with van der Waals surface area (Å²) in [6, 6.07) is 0. The summed E-state index contributed by atoms with van der Waals surface area (Å²) in [4.78, 5) is 2.37. The molecule has 1 aromatic rings. The minimum absolute atomic E-state index is 0.708. The van der Waals surface area contributed by atoms with Crippen molar-refractivity contribution in [3.63, 3.8) is 0 Å². The van der Waals surface area contributed by atoms with Gasteiger partial charge in [-0.05, 0) is 18.9 Å². The molecule has 3 rings (SSSR count). The molecular weight excluding hydrogens is 230 g/mol. The van der Waals surface area contributed by atoms with Crippen LogP contribution in [-0.2, 0) is 4.74 Å². The van der Waals surface area contributed by atoms with Crippen LogP contribution in [0.1, 0.15) is 12.8 Å². The standard InChI is InChI=1S/C14H19NO3/c1-2-4-13-12(3-1)14(11-18-13)17-10-7-15-5-8-16-9-6-15/h3-4,11H,1-2,5-10H2. The zero-order valence-electron chi connectivity index (χ0n) is 10.6. The first kappa shape index (κ1) is 11.8. The summed E-state index contributed by atoms with van der Waals surface area (Å²) in [5, 5.41) is 1.13. The average Bonchev–Trinajstić information content (AvgIpc) is 2.84. The van der Waals surface area contributed by atoms with Crippen LogP contribution >= 0.6 is 0 Å². The fraction of sp³-hybridized carbons (Fsp3) is 0.571. The van der Waals surface area contributed by atoms with Crippen LogP contribution in [0.3, 0.4) is 0 Å². The summed E-state index contributed by atoms with van der Waals surface area (Å²) in [5.74, 6) is 0.884. The molecule has 2 aliphatic rings. The van der Waals surface area contributed by atoms with Gasteiger partial charge >= 0.3 is 0 Å². The molecule has 98 valence electrons. The molecule has 18 heavy (non-hydrogen) atoms. The lowest BCUT2D eigenvalue weighted by Gasteiger charge is -2.26. The van der Waals surface area contributed by atoms with Gasteiger partial charge in [-0.2, -0.15) is 0 Å². The van der Waals surface area contributed by atoms with Crippen molar-refractivity contribution in [2.75, 3.05) is 39.5 Å². The third-order valence-electron chi connectivity index (χ3n) is 3.44. The van der Waals surface area contributed by atoms with Crippen molar-refractivity contribution in [2.24, 2.45) is 0 Å². The second kappa shape index (κ2) is 5.59. The number of fused-ring (bicyclic) bond motifs is 1. The highest BCUT2D eigenvalue weighted by Gasteiger charge is 2.11. The molecule has 1 aromatic heterocycles. The van der Waals surface area contributed by atoms with Crippen LogP contribution in [0.25, 0.3) is 12.2 Å². The molecule has 0 N–H and O–H groups in total. The molecule has 0 radical (unpaired) electrons. The highest BCUT2D eigenvalue weighted by molar-refractivity contribution is 5.40. The highest BCUT2D eigenvalue weighted by Crippen LogP contribution is 2.05. The number of morpholine rings is 1. The normalized spacial score (nSPS) is 19.8. The second-order valence-electron chi connectivity index (χ2n) is 4.67. The van der Waals surface area contributed by atoms with Crippen LogP contribution in [0.15, 0.2) is 10.7 Å². The first-order valence-electron chi connectivity index (χ1n) is 6.64. The molecule has 0 bridgehead atoms. The van der Waals surface area contributed by atoms with Crippen molar-refractivity contribution in [2.45, 2.75) is 12.8 Å². The second-order valence-corrected chi connectivity index (χ2v) is 4.67. The summed E-state index contributed by atoms with van der Waals surface area (Å²) in [6.45, 7) is 5.35. The summed E-state index contributed by atoms with van der Waals surface area (Å²) in [6.07, 6.45) is 8.19. The molecule has 4 heteroatoms. The van der Waals surface area contributed by atoms with Gasteiger partial charge in [-0.15, -0.1) is 0 Å².